The molecule has 1 aromatic heterocycles. The van der Waals surface area contributed by atoms with Gasteiger partial charge in [-0.3, -0.25) is 24.7 Å². The van der Waals surface area contributed by atoms with Crippen molar-refractivity contribution in [3.63, 3.8) is 0 Å². The van der Waals surface area contributed by atoms with E-state index < -0.39 is 10.8 Å². The molecular formula is C21H18N4O4. The SMILES string of the molecule is Cc1c(C(=O)Nc2ccccc2C(=O)NCc2cccnc2)cccc1[N+](=O)[O-]. The maximum atomic E-state index is 12.7. The highest BCUT2D eigenvalue weighted by molar-refractivity contribution is 6.09. The van der Waals surface area contributed by atoms with Gasteiger partial charge in [-0.25, -0.2) is 0 Å². The number of nitro benzene ring substituents is 1. The van der Waals surface area contributed by atoms with Crippen molar-refractivity contribution in [3.05, 3.63) is 99.4 Å². The van der Waals surface area contributed by atoms with Gasteiger partial charge in [0.1, 0.15) is 0 Å². The van der Waals surface area contributed by atoms with Crippen LogP contribution < -0.4 is 10.6 Å². The number of nitrogens with one attached hydrogen (secondary N) is 2. The molecule has 8 heteroatoms. The summed E-state index contributed by atoms with van der Waals surface area (Å²) in [7, 11) is 0. The number of hydrogen-bond donors (Lipinski definition) is 2. The van der Waals surface area contributed by atoms with Gasteiger partial charge in [-0.1, -0.05) is 24.3 Å². The first-order chi connectivity index (χ1) is 14.0. The van der Waals surface area contributed by atoms with Gasteiger partial charge < -0.3 is 10.6 Å². The Morgan fingerprint density at radius 1 is 1.00 bits per heavy atom. The number of para-hydroxylation sites is 1. The molecule has 0 radical (unpaired) electrons. The summed E-state index contributed by atoms with van der Waals surface area (Å²) in [6.45, 7) is 1.80. The molecule has 3 aromatic rings. The first kappa shape index (κ1) is 19.7. The van der Waals surface area contributed by atoms with E-state index in [1.807, 2.05) is 6.07 Å². The minimum atomic E-state index is -0.536. The number of nitro groups is 1. The molecule has 2 N–H and O–H groups in total. The van der Waals surface area contributed by atoms with Crippen molar-refractivity contribution in [3.8, 4) is 0 Å². The van der Waals surface area contributed by atoms with E-state index in [0.717, 1.165) is 5.56 Å². The molecule has 0 unspecified atom stereocenters. The molecule has 146 valence electrons. The van der Waals surface area contributed by atoms with E-state index in [1.165, 1.54) is 25.1 Å². The summed E-state index contributed by atoms with van der Waals surface area (Å²) in [5.41, 5.74) is 1.73. The minimum Gasteiger partial charge on any atom is -0.348 e. The van der Waals surface area contributed by atoms with Crippen molar-refractivity contribution in [2.24, 2.45) is 0 Å². The number of amides is 2. The first-order valence-corrected chi connectivity index (χ1v) is 8.79. The zero-order chi connectivity index (χ0) is 20.8. The number of carbonyl (C=O) groups is 2. The van der Waals surface area contributed by atoms with Crippen LogP contribution in [0, 0.1) is 17.0 Å². The molecule has 0 bridgehead atoms. The third-order valence-electron chi connectivity index (χ3n) is 4.34. The van der Waals surface area contributed by atoms with E-state index in [4.69, 9.17) is 0 Å². The number of hydrogen-bond acceptors (Lipinski definition) is 5. The van der Waals surface area contributed by atoms with E-state index in [9.17, 15) is 19.7 Å². The smallest absolute Gasteiger partial charge is 0.273 e. The van der Waals surface area contributed by atoms with Crippen molar-refractivity contribution in [2.75, 3.05) is 5.32 Å². The summed E-state index contributed by atoms with van der Waals surface area (Å²) >= 11 is 0. The summed E-state index contributed by atoms with van der Waals surface area (Å²) in [5, 5.41) is 16.6. The zero-order valence-electron chi connectivity index (χ0n) is 15.6. The number of pyridine rings is 1. The van der Waals surface area contributed by atoms with Crippen LogP contribution in [0.1, 0.15) is 31.8 Å². The van der Waals surface area contributed by atoms with Gasteiger partial charge in [-0.15, -0.1) is 0 Å². The molecule has 0 saturated heterocycles. The second kappa shape index (κ2) is 8.75. The molecule has 0 spiro atoms. The summed E-state index contributed by atoms with van der Waals surface area (Å²) in [6.07, 6.45) is 3.30. The summed E-state index contributed by atoms with van der Waals surface area (Å²) < 4.78 is 0. The van der Waals surface area contributed by atoms with Gasteiger partial charge >= 0.3 is 0 Å². The fraction of sp³-hybridized carbons (Fsp3) is 0.0952. The molecule has 29 heavy (non-hydrogen) atoms. The largest absolute Gasteiger partial charge is 0.348 e. The monoisotopic (exact) mass is 390 g/mol. The van der Waals surface area contributed by atoms with Gasteiger partial charge in [0, 0.05) is 36.1 Å². The summed E-state index contributed by atoms with van der Waals surface area (Å²) in [4.78, 5) is 39.9. The Balaban J connectivity index is 1.79. The molecule has 0 saturated carbocycles. The predicted molar refractivity (Wildman–Crippen MR) is 108 cm³/mol. The van der Waals surface area contributed by atoms with Crippen LogP contribution in [0.3, 0.4) is 0 Å². The van der Waals surface area contributed by atoms with Crippen molar-refractivity contribution >= 4 is 23.2 Å². The molecule has 2 aromatic carbocycles. The number of rotatable bonds is 6. The normalized spacial score (nSPS) is 10.2. The summed E-state index contributed by atoms with van der Waals surface area (Å²) in [6, 6.07) is 14.5. The first-order valence-electron chi connectivity index (χ1n) is 8.79. The molecule has 0 fully saturated rings. The van der Waals surface area contributed by atoms with E-state index in [1.54, 1.807) is 42.7 Å². The Hall–Kier alpha value is -4.07. The lowest BCUT2D eigenvalue weighted by Crippen LogP contribution is -2.25. The quantitative estimate of drug-likeness (QED) is 0.494. The second-order valence-corrected chi connectivity index (χ2v) is 6.25. The molecule has 0 aliphatic rings. The van der Waals surface area contributed by atoms with Crippen LogP contribution in [0.2, 0.25) is 0 Å². The lowest BCUT2D eigenvalue weighted by Gasteiger charge is -2.12. The van der Waals surface area contributed by atoms with Crippen LogP contribution in [0.4, 0.5) is 11.4 Å². The Kier molecular flexibility index (Phi) is 5.94. The van der Waals surface area contributed by atoms with Gasteiger partial charge in [-0.2, -0.15) is 0 Å². The van der Waals surface area contributed by atoms with Crippen LogP contribution in [0.5, 0.6) is 0 Å². The summed E-state index contributed by atoms with van der Waals surface area (Å²) in [5.74, 6) is -0.890. The fourth-order valence-corrected chi connectivity index (χ4v) is 2.83. The molecule has 3 rings (SSSR count). The van der Waals surface area contributed by atoms with Crippen LogP contribution in [0.15, 0.2) is 67.0 Å². The third-order valence-corrected chi connectivity index (χ3v) is 4.34. The fourth-order valence-electron chi connectivity index (χ4n) is 2.83. The van der Waals surface area contributed by atoms with E-state index in [2.05, 4.69) is 15.6 Å². The standard InChI is InChI=1S/C21H18N4O4/c1-14-16(8-4-10-19(14)25(28)29)21(27)24-18-9-3-2-7-17(18)20(26)23-13-15-6-5-11-22-12-15/h2-12H,13H2,1H3,(H,23,26)(H,24,27). The van der Waals surface area contributed by atoms with E-state index >= 15 is 0 Å². The van der Waals surface area contributed by atoms with E-state index in [0.29, 0.717) is 12.2 Å². The van der Waals surface area contributed by atoms with Crippen LogP contribution in [-0.4, -0.2) is 21.7 Å². The molecule has 0 atom stereocenters. The number of carbonyl (C=O) groups excluding carboxylic acids is 2. The highest BCUT2D eigenvalue weighted by Crippen LogP contribution is 2.23. The van der Waals surface area contributed by atoms with E-state index in [-0.39, 0.29) is 28.3 Å². The van der Waals surface area contributed by atoms with Gasteiger partial charge in [0.25, 0.3) is 17.5 Å². The number of benzene rings is 2. The van der Waals surface area contributed by atoms with Crippen molar-refractivity contribution in [1.29, 1.82) is 0 Å². The molecule has 2 amide bonds. The number of aromatic nitrogens is 1. The molecule has 1 heterocycles. The average molecular weight is 390 g/mol. The number of nitrogens with zero attached hydrogens (tertiary/aromatic N) is 2. The highest BCUT2D eigenvalue weighted by Gasteiger charge is 2.19. The lowest BCUT2D eigenvalue weighted by atomic mass is 10.1. The Bertz CT molecular complexity index is 1070. The maximum Gasteiger partial charge on any atom is 0.273 e. The second-order valence-electron chi connectivity index (χ2n) is 6.25. The van der Waals surface area contributed by atoms with Crippen LogP contribution in [-0.2, 0) is 6.54 Å². The molecule has 8 nitrogen and oxygen atoms in total. The Morgan fingerprint density at radius 3 is 2.48 bits per heavy atom. The van der Waals surface area contributed by atoms with Gasteiger partial charge in [-0.05, 0) is 36.8 Å². The van der Waals surface area contributed by atoms with Crippen molar-refractivity contribution < 1.29 is 14.5 Å². The van der Waals surface area contributed by atoms with Gasteiger partial charge in [0.15, 0.2) is 0 Å². The molecule has 0 aliphatic heterocycles. The van der Waals surface area contributed by atoms with Crippen LogP contribution in [0.25, 0.3) is 0 Å². The van der Waals surface area contributed by atoms with Crippen molar-refractivity contribution in [1.82, 2.24) is 10.3 Å². The predicted octanol–water partition coefficient (Wildman–Crippen LogP) is 3.48. The highest BCUT2D eigenvalue weighted by atomic mass is 16.6. The minimum absolute atomic E-state index is 0.139. The third kappa shape index (κ3) is 4.62. The average Bonchev–Trinajstić information content (AvgIpc) is 2.73. The Morgan fingerprint density at radius 2 is 1.76 bits per heavy atom. The lowest BCUT2D eigenvalue weighted by molar-refractivity contribution is -0.385. The van der Waals surface area contributed by atoms with Gasteiger partial charge in [0.05, 0.1) is 16.2 Å². The van der Waals surface area contributed by atoms with Crippen LogP contribution >= 0.6 is 0 Å². The molecular weight excluding hydrogens is 372 g/mol. The zero-order valence-corrected chi connectivity index (χ0v) is 15.6. The maximum absolute atomic E-state index is 12.7. The molecule has 0 aliphatic carbocycles. The van der Waals surface area contributed by atoms with Gasteiger partial charge in [0.2, 0.25) is 0 Å². The Labute approximate surface area is 166 Å². The van der Waals surface area contributed by atoms with Crippen molar-refractivity contribution in [2.45, 2.75) is 13.5 Å². The number of anilines is 1. The topological polar surface area (TPSA) is 114 Å².